The molecule has 17 heavy (non-hydrogen) atoms. The molecule has 0 aliphatic carbocycles. The van der Waals surface area contributed by atoms with E-state index < -0.39 is 0 Å². The summed E-state index contributed by atoms with van der Waals surface area (Å²) in [5.74, 6) is -0.119. The summed E-state index contributed by atoms with van der Waals surface area (Å²) in [5.41, 5.74) is 1.86. The third kappa shape index (κ3) is 4.00. The number of rotatable bonds is 7. The smallest absolute Gasteiger partial charge is 0.146 e. The highest BCUT2D eigenvalue weighted by Gasteiger charge is 2.10. The zero-order chi connectivity index (χ0) is 12.7. The first kappa shape index (κ1) is 14.0. The van der Waals surface area contributed by atoms with E-state index in [9.17, 15) is 4.39 Å². The summed E-state index contributed by atoms with van der Waals surface area (Å²) < 4.78 is 13.8. The van der Waals surface area contributed by atoms with E-state index in [1.807, 2.05) is 19.2 Å². The maximum atomic E-state index is 13.8. The number of benzene rings is 1. The topological polar surface area (TPSA) is 15.3 Å². The van der Waals surface area contributed by atoms with Gasteiger partial charge in [0.15, 0.2) is 0 Å². The fourth-order valence-electron chi connectivity index (χ4n) is 2.01. The van der Waals surface area contributed by atoms with Crippen molar-refractivity contribution < 1.29 is 4.39 Å². The van der Waals surface area contributed by atoms with Crippen molar-refractivity contribution in [3.8, 4) is 0 Å². The lowest BCUT2D eigenvalue weighted by Crippen LogP contribution is -2.26. The van der Waals surface area contributed by atoms with E-state index in [0.717, 1.165) is 43.7 Å². The number of nitrogens with one attached hydrogen (secondary N) is 1. The summed E-state index contributed by atoms with van der Waals surface area (Å²) in [6.07, 6.45) is 2.07. The minimum absolute atomic E-state index is 0.119. The molecule has 0 amide bonds. The normalized spacial score (nSPS) is 10.6. The Morgan fingerprint density at radius 1 is 1.18 bits per heavy atom. The van der Waals surface area contributed by atoms with Crippen molar-refractivity contribution in [3.05, 3.63) is 29.6 Å². The molecule has 0 radical (unpaired) electrons. The van der Waals surface area contributed by atoms with Gasteiger partial charge in [0.2, 0.25) is 0 Å². The molecule has 0 aliphatic heterocycles. The van der Waals surface area contributed by atoms with Crippen LogP contribution in [-0.4, -0.2) is 20.1 Å². The van der Waals surface area contributed by atoms with E-state index >= 15 is 0 Å². The van der Waals surface area contributed by atoms with Gasteiger partial charge in [-0.15, -0.1) is 0 Å². The van der Waals surface area contributed by atoms with Gasteiger partial charge in [-0.3, -0.25) is 0 Å². The molecule has 1 aromatic carbocycles. The predicted octanol–water partition coefficient (Wildman–Crippen LogP) is 3.17. The van der Waals surface area contributed by atoms with E-state index in [4.69, 9.17) is 0 Å². The zero-order valence-corrected chi connectivity index (χ0v) is 11.1. The first-order chi connectivity index (χ1) is 8.22. The number of hydrogen-bond acceptors (Lipinski definition) is 2. The van der Waals surface area contributed by atoms with Crippen LogP contribution in [0, 0.1) is 5.82 Å². The molecule has 0 aliphatic rings. The highest BCUT2D eigenvalue weighted by molar-refractivity contribution is 5.50. The van der Waals surface area contributed by atoms with Crippen molar-refractivity contribution in [1.29, 1.82) is 0 Å². The Labute approximate surface area is 104 Å². The van der Waals surface area contributed by atoms with Crippen LogP contribution in [0.3, 0.4) is 0 Å². The van der Waals surface area contributed by atoms with Gasteiger partial charge < -0.3 is 10.2 Å². The lowest BCUT2D eigenvalue weighted by Gasteiger charge is -2.24. The van der Waals surface area contributed by atoms with Crippen LogP contribution in [0.4, 0.5) is 10.1 Å². The van der Waals surface area contributed by atoms with Gasteiger partial charge in [-0.05, 0) is 37.6 Å². The van der Waals surface area contributed by atoms with Gasteiger partial charge in [-0.1, -0.05) is 19.9 Å². The van der Waals surface area contributed by atoms with Crippen LogP contribution in [0.2, 0.25) is 0 Å². The summed E-state index contributed by atoms with van der Waals surface area (Å²) >= 11 is 0. The molecular formula is C14H23FN2. The summed E-state index contributed by atoms with van der Waals surface area (Å²) in [4.78, 5) is 2.13. The predicted molar refractivity (Wildman–Crippen MR) is 72.0 cm³/mol. The van der Waals surface area contributed by atoms with Crippen LogP contribution in [0.5, 0.6) is 0 Å². The van der Waals surface area contributed by atoms with Gasteiger partial charge in [-0.25, -0.2) is 4.39 Å². The van der Waals surface area contributed by atoms with E-state index in [-0.39, 0.29) is 5.82 Å². The van der Waals surface area contributed by atoms with Gasteiger partial charge in [0.05, 0.1) is 5.69 Å². The van der Waals surface area contributed by atoms with Crippen molar-refractivity contribution in [2.45, 2.75) is 33.2 Å². The van der Waals surface area contributed by atoms with Crippen LogP contribution in [0.15, 0.2) is 18.2 Å². The molecule has 0 heterocycles. The Kier molecular flexibility index (Phi) is 5.98. The first-order valence-electron chi connectivity index (χ1n) is 6.40. The molecule has 0 aromatic heterocycles. The van der Waals surface area contributed by atoms with E-state index in [0.29, 0.717) is 0 Å². The average molecular weight is 238 g/mol. The maximum absolute atomic E-state index is 13.8. The van der Waals surface area contributed by atoms with Crippen LogP contribution < -0.4 is 10.2 Å². The minimum Gasteiger partial charge on any atom is -0.369 e. The van der Waals surface area contributed by atoms with Crippen molar-refractivity contribution in [1.82, 2.24) is 5.32 Å². The molecule has 0 unspecified atom stereocenters. The quantitative estimate of drug-likeness (QED) is 0.785. The second kappa shape index (κ2) is 7.28. The van der Waals surface area contributed by atoms with Gasteiger partial charge in [0.1, 0.15) is 5.82 Å². The van der Waals surface area contributed by atoms with E-state index in [2.05, 4.69) is 24.1 Å². The fraction of sp³-hybridized carbons (Fsp3) is 0.571. The lowest BCUT2D eigenvalue weighted by atomic mass is 10.1. The Morgan fingerprint density at radius 2 is 1.82 bits per heavy atom. The van der Waals surface area contributed by atoms with Crippen LogP contribution >= 0.6 is 0 Å². The second-order valence-corrected chi connectivity index (χ2v) is 4.30. The van der Waals surface area contributed by atoms with Gasteiger partial charge in [-0.2, -0.15) is 0 Å². The second-order valence-electron chi connectivity index (χ2n) is 4.30. The van der Waals surface area contributed by atoms with Gasteiger partial charge >= 0.3 is 0 Å². The molecule has 1 rings (SSSR count). The zero-order valence-electron chi connectivity index (χ0n) is 11.1. The molecule has 0 spiro atoms. The number of hydrogen-bond donors (Lipinski definition) is 1. The molecule has 1 N–H and O–H groups in total. The summed E-state index contributed by atoms with van der Waals surface area (Å²) in [7, 11) is 1.90. The summed E-state index contributed by atoms with van der Waals surface area (Å²) in [6, 6.07) is 5.36. The largest absolute Gasteiger partial charge is 0.369 e. The average Bonchev–Trinajstić information content (AvgIpc) is 2.32. The van der Waals surface area contributed by atoms with Gasteiger partial charge in [0.25, 0.3) is 0 Å². The number of nitrogens with zero attached hydrogens (tertiary/aromatic N) is 1. The minimum atomic E-state index is -0.119. The third-order valence-corrected chi connectivity index (χ3v) is 2.72. The molecule has 0 saturated carbocycles. The molecule has 96 valence electrons. The Bertz CT molecular complexity index is 333. The van der Waals surface area contributed by atoms with E-state index in [1.54, 1.807) is 6.07 Å². The number of halogens is 1. The molecule has 0 fully saturated rings. The van der Waals surface area contributed by atoms with Gasteiger partial charge in [0, 0.05) is 19.6 Å². The van der Waals surface area contributed by atoms with Crippen molar-refractivity contribution >= 4 is 5.69 Å². The standard InChI is InChI=1S/C14H23FN2/c1-4-8-17(9-5-2)14-10-12(11-16-3)6-7-13(14)15/h6-7,10,16H,4-5,8-9,11H2,1-3H3. The lowest BCUT2D eigenvalue weighted by molar-refractivity contribution is 0.611. The summed E-state index contributed by atoms with van der Waals surface area (Å²) in [6.45, 7) is 6.84. The highest BCUT2D eigenvalue weighted by Crippen LogP contribution is 2.21. The Morgan fingerprint density at radius 3 is 2.35 bits per heavy atom. The van der Waals surface area contributed by atoms with Crippen molar-refractivity contribution in [2.24, 2.45) is 0 Å². The van der Waals surface area contributed by atoms with Crippen LogP contribution in [0.25, 0.3) is 0 Å². The SMILES string of the molecule is CCCN(CCC)c1cc(CNC)ccc1F. The van der Waals surface area contributed by atoms with Crippen LogP contribution in [0.1, 0.15) is 32.3 Å². The van der Waals surface area contributed by atoms with Crippen LogP contribution in [-0.2, 0) is 6.54 Å². The van der Waals surface area contributed by atoms with Crippen molar-refractivity contribution in [3.63, 3.8) is 0 Å². The number of anilines is 1. The molecule has 3 heteroatoms. The first-order valence-corrected chi connectivity index (χ1v) is 6.40. The molecule has 0 saturated heterocycles. The Hall–Kier alpha value is -1.09. The van der Waals surface area contributed by atoms with Crippen molar-refractivity contribution in [2.75, 3.05) is 25.0 Å². The summed E-state index contributed by atoms with van der Waals surface area (Å²) in [5, 5.41) is 3.09. The molecule has 2 nitrogen and oxygen atoms in total. The monoisotopic (exact) mass is 238 g/mol. The third-order valence-electron chi connectivity index (χ3n) is 2.72. The maximum Gasteiger partial charge on any atom is 0.146 e. The molecule has 0 atom stereocenters. The molecular weight excluding hydrogens is 215 g/mol. The van der Waals surface area contributed by atoms with E-state index in [1.165, 1.54) is 0 Å². The fourth-order valence-corrected chi connectivity index (χ4v) is 2.01. The highest BCUT2D eigenvalue weighted by atomic mass is 19.1. The Balaban J connectivity index is 2.94. The molecule has 1 aromatic rings. The molecule has 0 bridgehead atoms.